The van der Waals surface area contributed by atoms with Crippen molar-refractivity contribution in [2.45, 2.75) is 57.4 Å². The molecule has 0 aliphatic heterocycles. The second-order valence-corrected chi connectivity index (χ2v) is 11.3. The quantitative estimate of drug-likeness (QED) is 0.182. The van der Waals surface area contributed by atoms with Gasteiger partial charge in [0.05, 0.1) is 18.9 Å². The van der Waals surface area contributed by atoms with E-state index in [-0.39, 0.29) is 31.5 Å². The molecule has 0 saturated heterocycles. The zero-order valence-electron chi connectivity index (χ0n) is 23.7. The SMILES string of the molecule is CCOC(=O)C(CCc1ccc(-c2nc3ccc(C4(c5ccccc5)CC4)nc3s2)c(F)c1)(NC(C)=O)C(=O)OCC. The molecule has 4 aromatic rings. The molecule has 0 spiro atoms. The lowest BCUT2D eigenvalue weighted by atomic mass is 9.90. The van der Waals surface area contributed by atoms with E-state index in [2.05, 4.69) is 22.4 Å². The maximum absolute atomic E-state index is 15.4. The van der Waals surface area contributed by atoms with E-state index >= 15 is 4.39 Å². The molecule has 1 amide bonds. The van der Waals surface area contributed by atoms with Gasteiger partial charge in [0, 0.05) is 17.9 Å². The van der Waals surface area contributed by atoms with E-state index in [0.29, 0.717) is 21.7 Å². The lowest BCUT2D eigenvalue weighted by Gasteiger charge is -2.29. The minimum absolute atomic E-state index is 0.00859. The highest BCUT2D eigenvalue weighted by atomic mass is 32.1. The molecular formula is C32H32FN3O5S. The van der Waals surface area contributed by atoms with Gasteiger partial charge in [0.15, 0.2) is 0 Å². The van der Waals surface area contributed by atoms with Crippen LogP contribution in [0, 0.1) is 5.82 Å². The summed E-state index contributed by atoms with van der Waals surface area (Å²) in [7, 11) is 0. The summed E-state index contributed by atoms with van der Waals surface area (Å²) in [5, 5.41) is 2.94. The van der Waals surface area contributed by atoms with Crippen LogP contribution in [0.5, 0.6) is 0 Å². The molecule has 1 aliphatic carbocycles. The molecule has 10 heteroatoms. The van der Waals surface area contributed by atoms with Crippen LogP contribution >= 0.6 is 11.3 Å². The van der Waals surface area contributed by atoms with E-state index in [1.807, 2.05) is 30.3 Å². The number of ether oxygens (including phenoxy) is 2. The van der Waals surface area contributed by atoms with Gasteiger partial charge in [-0.2, -0.15) is 0 Å². The van der Waals surface area contributed by atoms with Crippen molar-refractivity contribution in [2.24, 2.45) is 0 Å². The molecule has 42 heavy (non-hydrogen) atoms. The van der Waals surface area contributed by atoms with Crippen LogP contribution in [0.3, 0.4) is 0 Å². The van der Waals surface area contributed by atoms with E-state index in [1.165, 1.54) is 29.9 Å². The summed E-state index contributed by atoms with van der Waals surface area (Å²) >= 11 is 1.33. The highest BCUT2D eigenvalue weighted by Crippen LogP contribution is 2.53. The number of halogens is 1. The number of fused-ring (bicyclic) bond motifs is 1. The van der Waals surface area contributed by atoms with E-state index in [9.17, 15) is 14.4 Å². The van der Waals surface area contributed by atoms with E-state index in [4.69, 9.17) is 14.5 Å². The van der Waals surface area contributed by atoms with Gasteiger partial charge in [-0.25, -0.2) is 23.9 Å². The Balaban J connectivity index is 1.39. The first-order valence-corrected chi connectivity index (χ1v) is 14.8. The first kappa shape index (κ1) is 29.3. The number of esters is 2. The van der Waals surface area contributed by atoms with Crippen LogP contribution < -0.4 is 5.32 Å². The van der Waals surface area contributed by atoms with Crippen LogP contribution in [0.25, 0.3) is 20.9 Å². The Hall–Kier alpha value is -4.18. The lowest BCUT2D eigenvalue weighted by molar-refractivity contribution is -0.168. The molecule has 1 aliphatic rings. The molecular weight excluding hydrogens is 557 g/mol. The molecule has 1 N–H and O–H groups in total. The zero-order chi connectivity index (χ0) is 29.9. The predicted molar refractivity (Wildman–Crippen MR) is 157 cm³/mol. The van der Waals surface area contributed by atoms with Crippen LogP contribution in [0.2, 0.25) is 0 Å². The largest absolute Gasteiger partial charge is 0.464 e. The predicted octanol–water partition coefficient (Wildman–Crippen LogP) is 5.51. The standard InChI is InChI=1S/C32H32FN3O5S/c1-4-40-29(38)32(36-20(3)37,30(39)41-5-2)16-15-21-11-12-23(24(33)19-21)27-34-25-13-14-26(35-28(25)42-27)31(17-18-31)22-9-7-6-8-10-22/h6-14,19H,4-5,15-18H2,1-3H3,(H,36,37). The van der Waals surface area contributed by atoms with Gasteiger partial charge >= 0.3 is 11.9 Å². The van der Waals surface area contributed by atoms with Crippen LogP contribution in [0.15, 0.2) is 60.7 Å². The van der Waals surface area contributed by atoms with Crippen molar-refractivity contribution in [3.05, 3.63) is 83.3 Å². The Labute approximate surface area is 247 Å². The average Bonchev–Trinajstić information content (AvgIpc) is 3.68. The molecule has 1 saturated carbocycles. The van der Waals surface area contributed by atoms with Crippen molar-refractivity contribution in [2.75, 3.05) is 13.2 Å². The van der Waals surface area contributed by atoms with Crippen molar-refractivity contribution < 1.29 is 28.2 Å². The smallest absolute Gasteiger partial charge is 0.343 e. The first-order chi connectivity index (χ1) is 20.2. The molecule has 218 valence electrons. The van der Waals surface area contributed by atoms with Crippen LogP contribution in [0.4, 0.5) is 4.39 Å². The van der Waals surface area contributed by atoms with Gasteiger partial charge in [-0.3, -0.25) is 4.79 Å². The number of carbonyl (C=O) groups is 3. The van der Waals surface area contributed by atoms with Gasteiger partial charge in [-0.05, 0) is 74.9 Å². The van der Waals surface area contributed by atoms with Crippen molar-refractivity contribution in [1.29, 1.82) is 0 Å². The number of amides is 1. The van der Waals surface area contributed by atoms with Gasteiger partial charge in [0.1, 0.15) is 21.2 Å². The van der Waals surface area contributed by atoms with Crippen LogP contribution in [0.1, 0.15) is 56.9 Å². The molecule has 2 aromatic carbocycles. The lowest BCUT2D eigenvalue weighted by Crippen LogP contribution is -2.61. The maximum atomic E-state index is 15.4. The van der Waals surface area contributed by atoms with E-state index < -0.39 is 29.2 Å². The van der Waals surface area contributed by atoms with Crippen LogP contribution in [-0.4, -0.2) is 46.6 Å². The molecule has 5 rings (SSSR count). The first-order valence-electron chi connectivity index (χ1n) is 14.0. The van der Waals surface area contributed by atoms with Crippen molar-refractivity contribution >= 4 is 39.5 Å². The minimum atomic E-state index is -2.04. The van der Waals surface area contributed by atoms with Gasteiger partial charge in [-0.1, -0.05) is 47.7 Å². The third-order valence-electron chi connectivity index (χ3n) is 7.51. The van der Waals surface area contributed by atoms with Crippen molar-refractivity contribution in [1.82, 2.24) is 15.3 Å². The number of thiazole rings is 1. The third kappa shape index (κ3) is 5.63. The Kier molecular flexibility index (Phi) is 8.36. The molecule has 0 bridgehead atoms. The van der Waals surface area contributed by atoms with Crippen molar-refractivity contribution in [3.8, 4) is 10.6 Å². The van der Waals surface area contributed by atoms with Crippen LogP contribution in [-0.2, 0) is 35.7 Å². The summed E-state index contributed by atoms with van der Waals surface area (Å²) in [5.74, 6) is -2.93. The van der Waals surface area contributed by atoms with Gasteiger partial charge < -0.3 is 14.8 Å². The monoisotopic (exact) mass is 589 g/mol. The average molecular weight is 590 g/mol. The van der Waals surface area contributed by atoms with Crippen molar-refractivity contribution in [3.63, 3.8) is 0 Å². The fraction of sp³-hybridized carbons (Fsp3) is 0.344. The highest BCUT2D eigenvalue weighted by molar-refractivity contribution is 7.21. The number of nitrogens with one attached hydrogen (secondary N) is 1. The summed E-state index contributed by atoms with van der Waals surface area (Å²) in [5.41, 5.74) is 1.69. The van der Waals surface area contributed by atoms with E-state index in [0.717, 1.165) is 23.4 Å². The zero-order valence-corrected chi connectivity index (χ0v) is 24.6. The number of hydrogen-bond donors (Lipinski definition) is 1. The second-order valence-electron chi connectivity index (χ2n) is 10.3. The number of hydrogen-bond acceptors (Lipinski definition) is 8. The Morgan fingerprint density at radius 2 is 1.67 bits per heavy atom. The number of pyridine rings is 1. The molecule has 1 fully saturated rings. The Morgan fingerprint density at radius 1 is 0.976 bits per heavy atom. The molecule has 2 aromatic heterocycles. The molecule has 0 atom stereocenters. The topological polar surface area (TPSA) is 107 Å². The number of aromatic nitrogens is 2. The van der Waals surface area contributed by atoms with Gasteiger partial charge in [0.2, 0.25) is 11.4 Å². The molecule has 8 nitrogen and oxygen atoms in total. The maximum Gasteiger partial charge on any atom is 0.343 e. The molecule has 0 unspecified atom stereocenters. The summed E-state index contributed by atoms with van der Waals surface area (Å²) in [6.45, 7) is 4.41. The number of benzene rings is 2. The Morgan fingerprint density at radius 3 is 2.26 bits per heavy atom. The normalized spacial score (nSPS) is 13.9. The molecule has 2 heterocycles. The number of nitrogens with zero attached hydrogens (tertiary/aromatic N) is 2. The summed E-state index contributed by atoms with van der Waals surface area (Å²) in [4.78, 5) is 48.0. The number of rotatable bonds is 11. The van der Waals surface area contributed by atoms with Gasteiger partial charge in [-0.15, -0.1) is 0 Å². The number of carbonyl (C=O) groups excluding carboxylic acids is 3. The minimum Gasteiger partial charge on any atom is -0.464 e. The fourth-order valence-corrected chi connectivity index (χ4v) is 6.22. The van der Waals surface area contributed by atoms with E-state index in [1.54, 1.807) is 26.0 Å². The number of aryl methyl sites for hydroxylation is 1. The highest BCUT2D eigenvalue weighted by Gasteiger charge is 2.50. The fourth-order valence-electron chi connectivity index (χ4n) is 5.25. The molecule has 0 radical (unpaired) electrons. The van der Waals surface area contributed by atoms with Gasteiger partial charge in [0.25, 0.3) is 0 Å². The third-order valence-corrected chi connectivity index (χ3v) is 8.51. The summed E-state index contributed by atoms with van der Waals surface area (Å²) in [6.07, 6.45) is 2.00. The Bertz CT molecular complexity index is 1620. The summed E-state index contributed by atoms with van der Waals surface area (Å²) < 4.78 is 25.7. The second kappa shape index (κ2) is 12.0. The summed E-state index contributed by atoms with van der Waals surface area (Å²) in [6, 6.07) is 19.0.